The third kappa shape index (κ3) is 2.17. The van der Waals surface area contributed by atoms with Crippen molar-refractivity contribution in [1.82, 2.24) is 10.2 Å². The molecule has 0 radical (unpaired) electrons. The molecule has 2 rings (SSSR count). The van der Waals surface area contributed by atoms with E-state index in [-0.39, 0.29) is 29.3 Å². The molecule has 5 heteroatoms. The molecule has 0 aromatic carbocycles. The zero-order valence-electron chi connectivity index (χ0n) is 11.4. The van der Waals surface area contributed by atoms with Crippen molar-refractivity contribution in [3.63, 3.8) is 0 Å². The van der Waals surface area contributed by atoms with E-state index in [1.165, 1.54) is 4.90 Å². The Hall–Kier alpha value is -0.940. The topological polar surface area (TPSA) is 58.6 Å². The number of nitrogens with one attached hydrogen (secondary N) is 1. The molecule has 102 valence electrons. The van der Waals surface area contributed by atoms with Crippen LogP contribution in [0.1, 0.15) is 26.7 Å². The van der Waals surface area contributed by atoms with Crippen LogP contribution in [0.4, 0.5) is 0 Å². The van der Waals surface area contributed by atoms with Crippen LogP contribution < -0.4 is 5.32 Å². The van der Waals surface area contributed by atoms with E-state index in [0.717, 1.165) is 25.9 Å². The fraction of sp³-hybridized carbons (Fsp3) is 0.846. The summed E-state index contributed by atoms with van der Waals surface area (Å²) in [5, 5.41) is 3.27. The lowest BCUT2D eigenvalue weighted by atomic mass is 9.91. The molecule has 2 heterocycles. The summed E-state index contributed by atoms with van der Waals surface area (Å²) in [5.74, 6) is -0.508. The van der Waals surface area contributed by atoms with E-state index in [1.54, 1.807) is 7.11 Å². The van der Waals surface area contributed by atoms with Crippen molar-refractivity contribution in [2.45, 2.75) is 32.3 Å². The standard InChI is InChI=1S/C13H22N2O3/c1-9-10(2)12(17)15(11(9)16)8-13(18-3)4-6-14-7-5-13/h9-10,14H,4-8H2,1-3H3. The molecule has 2 atom stereocenters. The van der Waals surface area contributed by atoms with Gasteiger partial charge in [-0.3, -0.25) is 14.5 Å². The Bertz CT molecular complexity index is 330. The lowest BCUT2D eigenvalue weighted by Crippen LogP contribution is -2.52. The second-order valence-electron chi connectivity index (χ2n) is 5.48. The summed E-state index contributed by atoms with van der Waals surface area (Å²) in [6.45, 7) is 5.79. The molecule has 0 saturated carbocycles. The first-order valence-corrected chi connectivity index (χ1v) is 6.62. The van der Waals surface area contributed by atoms with Gasteiger partial charge in [-0.25, -0.2) is 0 Å². The highest BCUT2D eigenvalue weighted by Crippen LogP contribution is 2.30. The van der Waals surface area contributed by atoms with E-state index in [0.29, 0.717) is 6.54 Å². The Morgan fingerprint density at radius 1 is 1.22 bits per heavy atom. The molecular weight excluding hydrogens is 232 g/mol. The first-order chi connectivity index (χ1) is 8.51. The van der Waals surface area contributed by atoms with Crippen molar-refractivity contribution in [2.24, 2.45) is 11.8 Å². The van der Waals surface area contributed by atoms with Gasteiger partial charge in [-0.1, -0.05) is 13.8 Å². The maximum atomic E-state index is 12.1. The second-order valence-corrected chi connectivity index (χ2v) is 5.48. The van der Waals surface area contributed by atoms with Crippen LogP contribution in [0.5, 0.6) is 0 Å². The molecule has 0 aromatic rings. The third-order valence-electron chi connectivity index (χ3n) is 4.46. The number of amides is 2. The van der Waals surface area contributed by atoms with E-state index < -0.39 is 0 Å². The van der Waals surface area contributed by atoms with E-state index >= 15 is 0 Å². The number of methoxy groups -OCH3 is 1. The minimum absolute atomic E-state index is 0.0533. The number of carbonyl (C=O) groups is 2. The number of nitrogens with zero attached hydrogens (tertiary/aromatic N) is 1. The molecule has 2 saturated heterocycles. The van der Waals surface area contributed by atoms with Gasteiger partial charge in [0.2, 0.25) is 11.8 Å². The molecule has 18 heavy (non-hydrogen) atoms. The molecule has 5 nitrogen and oxygen atoms in total. The highest BCUT2D eigenvalue weighted by Gasteiger charge is 2.46. The predicted molar refractivity (Wildman–Crippen MR) is 66.9 cm³/mol. The summed E-state index contributed by atoms with van der Waals surface area (Å²) in [6, 6.07) is 0. The Labute approximate surface area is 108 Å². The molecule has 1 N–H and O–H groups in total. The molecule has 0 aliphatic carbocycles. The summed E-state index contributed by atoms with van der Waals surface area (Å²) in [6.07, 6.45) is 1.67. The molecule has 2 aliphatic rings. The quantitative estimate of drug-likeness (QED) is 0.741. The Balaban J connectivity index is 2.12. The minimum Gasteiger partial charge on any atom is -0.376 e. The second kappa shape index (κ2) is 4.97. The summed E-state index contributed by atoms with van der Waals surface area (Å²) in [5.41, 5.74) is -0.361. The van der Waals surface area contributed by atoms with Gasteiger partial charge in [-0.15, -0.1) is 0 Å². The first-order valence-electron chi connectivity index (χ1n) is 6.62. The van der Waals surface area contributed by atoms with Crippen LogP contribution >= 0.6 is 0 Å². The fourth-order valence-electron chi connectivity index (χ4n) is 2.78. The summed E-state index contributed by atoms with van der Waals surface area (Å²) >= 11 is 0. The number of ether oxygens (including phenoxy) is 1. The normalized spacial score (nSPS) is 32.1. The van der Waals surface area contributed by atoms with Crippen LogP contribution in [0.25, 0.3) is 0 Å². The van der Waals surface area contributed by atoms with Crippen molar-refractivity contribution in [3.8, 4) is 0 Å². The Morgan fingerprint density at radius 2 is 1.72 bits per heavy atom. The molecule has 2 amide bonds. The third-order valence-corrected chi connectivity index (χ3v) is 4.46. The molecule has 0 aromatic heterocycles. The number of rotatable bonds is 3. The Kier molecular flexibility index (Phi) is 3.73. The maximum absolute atomic E-state index is 12.1. The van der Waals surface area contributed by atoms with E-state index in [4.69, 9.17) is 4.74 Å². The summed E-state index contributed by atoms with van der Waals surface area (Å²) in [4.78, 5) is 25.6. The molecule has 2 fully saturated rings. The van der Waals surface area contributed by atoms with Crippen LogP contribution in [0, 0.1) is 11.8 Å². The minimum atomic E-state index is -0.361. The number of hydrogen-bond acceptors (Lipinski definition) is 4. The van der Waals surface area contributed by atoms with Crippen molar-refractivity contribution in [3.05, 3.63) is 0 Å². The smallest absolute Gasteiger partial charge is 0.232 e. The number of piperidine rings is 1. The van der Waals surface area contributed by atoms with Crippen LogP contribution in [0.15, 0.2) is 0 Å². The van der Waals surface area contributed by atoms with Gasteiger partial charge in [-0.2, -0.15) is 0 Å². The highest BCUT2D eigenvalue weighted by molar-refractivity contribution is 6.04. The van der Waals surface area contributed by atoms with Gasteiger partial charge in [0.15, 0.2) is 0 Å². The average molecular weight is 254 g/mol. The van der Waals surface area contributed by atoms with E-state index in [2.05, 4.69) is 5.32 Å². The van der Waals surface area contributed by atoms with Crippen LogP contribution in [0.3, 0.4) is 0 Å². The van der Waals surface area contributed by atoms with Gasteiger partial charge in [0.1, 0.15) is 0 Å². The van der Waals surface area contributed by atoms with Crippen LogP contribution in [-0.4, -0.2) is 49.1 Å². The number of imide groups is 1. The van der Waals surface area contributed by atoms with Gasteiger partial charge in [0, 0.05) is 18.9 Å². The van der Waals surface area contributed by atoms with Crippen molar-refractivity contribution >= 4 is 11.8 Å². The van der Waals surface area contributed by atoms with Gasteiger partial charge >= 0.3 is 0 Å². The van der Waals surface area contributed by atoms with Crippen molar-refractivity contribution in [2.75, 3.05) is 26.7 Å². The maximum Gasteiger partial charge on any atom is 0.232 e. The lowest BCUT2D eigenvalue weighted by Gasteiger charge is -2.38. The number of likely N-dealkylation sites (tertiary alicyclic amines) is 1. The van der Waals surface area contributed by atoms with Gasteiger partial charge in [-0.05, 0) is 25.9 Å². The predicted octanol–water partition coefficient (Wildman–Crippen LogP) is 0.396. The van der Waals surface area contributed by atoms with Gasteiger partial charge in [0.05, 0.1) is 12.1 Å². The fourth-order valence-corrected chi connectivity index (χ4v) is 2.78. The SMILES string of the molecule is COC1(CN2C(=O)C(C)C(C)C2=O)CCNCC1. The van der Waals surface area contributed by atoms with Crippen molar-refractivity contribution in [1.29, 1.82) is 0 Å². The molecular formula is C13H22N2O3. The van der Waals surface area contributed by atoms with E-state index in [1.807, 2.05) is 13.8 Å². The lowest BCUT2D eigenvalue weighted by molar-refractivity contribution is -0.146. The summed E-state index contributed by atoms with van der Waals surface area (Å²) in [7, 11) is 1.67. The zero-order chi connectivity index (χ0) is 13.3. The van der Waals surface area contributed by atoms with Crippen LogP contribution in [-0.2, 0) is 14.3 Å². The number of carbonyl (C=O) groups excluding carboxylic acids is 2. The van der Waals surface area contributed by atoms with Gasteiger partial charge in [0.25, 0.3) is 0 Å². The molecule has 0 bridgehead atoms. The average Bonchev–Trinajstić information content (AvgIpc) is 2.58. The molecule has 2 aliphatic heterocycles. The molecule has 0 spiro atoms. The largest absolute Gasteiger partial charge is 0.376 e. The van der Waals surface area contributed by atoms with E-state index in [9.17, 15) is 9.59 Å². The first kappa shape index (κ1) is 13.5. The van der Waals surface area contributed by atoms with Crippen molar-refractivity contribution < 1.29 is 14.3 Å². The molecule has 2 unspecified atom stereocenters. The highest BCUT2D eigenvalue weighted by atomic mass is 16.5. The Morgan fingerprint density at radius 3 is 2.17 bits per heavy atom. The van der Waals surface area contributed by atoms with Crippen LogP contribution in [0.2, 0.25) is 0 Å². The zero-order valence-corrected chi connectivity index (χ0v) is 11.4. The van der Waals surface area contributed by atoms with Gasteiger partial charge < -0.3 is 10.1 Å². The summed E-state index contributed by atoms with van der Waals surface area (Å²) < 4.78 is 5.62. The monoisotopic (exact) mass is 254 g/mol. The number of hydrogen-bond donors (Lipinski definition) is 1.